The fraction of sp³-hybridized carbons (Fsp3) is 0.800. The minimum absolute atomic E-state index is 0.209. The van der Waals surface area contributed by atoms with Crippen molar-refractivity contribution in [1.82, 2.24) is 14.9 Å². The molecule has 1 rings (SSSR count). The molecule has 0 saturated carbocycles. The molecule has 0 aliphatic heterocycles. The summed E-state index contributed by atoms with van der Waals surface area (Å²) in [5.74, 6) is 1.15. The van der Waals surface area contributed by atoms with Gasteiger partial charge in [0.25, 0.3) is 0 Å². The minimum Gasteiger partial charge on any atom is -0.336 e. The summed E-state index contributed by atoms with van der Waals surface area (Å²) in [5, 5.41) is 3.70. The Morgan fingerprint density at radius 3 is 2.42 bits per heavy atom. The van der Waals surface area contributed by atoms with Crippen molar-refractivity contribution >= 4 is 0 Å². The summed E-state index contributed by atoms with van der Waals surface area (Å²) in [7, 11) is 0. The minimum atomic E-state index is 0.209. The van der Waals surface area contributed by atoms with Crippen LogP contribution in [0.15, 0.2) is 18.7 Å². The van der Waals surface area contributed by atoms with E-state index in [0.717, 1.165) is 19.6 Å². The summed E-state index contributed by atoms with van der Waals surface area (Å²) in [6, 6.07) is 0.412. The number of imidazole rings is 1. The molecule has 0 amide bonds. The number of hydrogen-bond donors (Lipinski definition) is 2. The first kappa shape index (κ1) is 16.2. The topological polar surface area (TPSA) is 55.9 Å². The second-order valence-electron chi connectivity index (χ2n) is 6.83. The molecule has 110 valence electrons. The summed E-state index contributed by atoms with van der Waals surface area (Å²) in [4.78, 5) is 4.11. The highest BCUT2D eigenvalue weighted by Gasteiger charge is 2.25. The molecule has 19 heavy (non-hydrogen) atoms. The Labute approximate surface area is 117 Å². The zero-order chi connectivity index (χ0) is 14.5. The summed E-state index contributed by atoms with van der Waals surface area (Å²) in [6.45, 7) is 14.0. The Kier molecular flexibility index (Phi) is 6.01. The van der Waals surface area contributed by atoms with Gasteiger partial charge >= 0.3 is 0 Å². The fourth-order valence-corrected chi connectivity index (χ4v) is 2.13. The normalized spacial score (nSPS) is 15.7. The lowest BCUT2D eigenvalue weighted by Gasteiger charge is -2.34. The van der Waals surface area contributed by atoms with Crippen molar-refractivity contribution in [3.8, 4) is 0 Å². The second-order valence-corrected chi connectivity index (χ2v) is 6.83. The van der Waals surface area contributed by atoms with Crippen LogP contribution in [0.2, 0.25) is 0 Å². The molecule has 0 radical (unpaired) electrons. The van der Waals surface area contributed by atoms with Crippen molar-refractivity contribution in [2.24, 2.45) is 23.0 Å². The number of aromatic nitrogens is 2. The molecule has 0 saturated heterocycles. The van der Waals surface area contributed by atoms with E-state index in [-0.39, 0.29) is 5.41 Å². The molecule has 4 nitrogen and oxygen atoms in total. The molecule has 1 aromatic rings. The van der Waals surface area contributed by atoms with Gasteiger partial charge in [-0.2, -0.15) is 0 Å². The van der Waals surface area contributed by atoms with Crippen LogP contribution < -0.4 is 11.1 Å². The first-order valence-electron chi connectivity index (χ1n) is 7.23. The van der Waals surface area contributed by atoms with Crippen LogP contribution in [0, 0.1) is 17.3 Å². The van der Waals surface area contributed by atoms with Crippen LogP contribution in [0.4, 0.5) is 0 Å². The van der Waals surface area contributed by atoms with E-state index < -0.39 is 0 Å². The SMILES string of the molecule is CC(C)C(CN)CNC(Cn1ccnc1)C(C)(C)C. The smallest absolute Gasteiger partial charge is 0.0946 e. The first-order valence-corrected chi connectivity index (χ1v) is 7.23. The maximum atomic E-state index is 5.85. The largest absolute Gasteiger partial charge is 0.336 e. The lowest BCUT2D eigenvalue weighted by atomic mass is 9.85. The standard InChI is InChI=1S/C15H30N4/c1-12(2)13(8-16)9-18-14(15(3,4)5)10-19-7-6-17-11-19/h6-7,11-14,18H,8-10,16H2,1-5H3. The molecule has 3 N–H and O–H groups in total. The van der Waals surface area contributed by atoms with Crippen LogP contribution in [0.3, 0.4) is 0 Å². The third-order valence-corrected chi connectivity index (χ3v) is 3.87. The predicted molar refractivity (Wildman–Crippen MR) is 80.9 cm³/mol. The zero-order valence-electron chi connectivity index (χ0n) is 13.1. The van der Waals surface area contributed by atoms with Crippen LogP contribution >= 0.6 is 0 Å². The highest BCUT2D eigenvalue weighted by molar-refractivity contribution is 4.85. The Balaban J connectivity index is 2.60. The van der Waals surface area contributed by atoms with Crippen LogP contribution in [0.25, 0.3) is 0 Å². The molecule has 4 heteroatoms. The summed E-state index contributed by atoms with van der Waals surface area (Å²) in [6.07, 6.45) is 5.73. The van der Waals surface area contributed by atoms with E-state index >= 15 is 0 Å². The van der Waals surface area contributed by atoms with Gasteiger partial charge < -0.3 is 15.6 Å². The highest BCUT2D eigenvalue weighted by atomic mass is 15.1. The van der Waals surface area contributed by atoms with Crippen molar-refractivity contribution < 1.29 is 0 Å². The van der Waals surface area contributed by atoms with Gasteiger partial charge in [-0.15, -0.1) is 0 Å². The number of nitrogens with two attached hydrogens (primary N) is 1. The van der Waals surface area contributed by atoms with Gasteiger partial charge in [-0.3, -0.25) is 0 Å². The third kappa shape index (κ3) is 5.33. The summed E-state index contributed by atoms with van der Waals surface area (Å²) in [5.41, 5.74) is 6.06. The van der Waals surface area contributed by atoms with E-state index in [1.165, 1.54) is 0 Å². The van der Waals surface area contributed by atoms with E-state index in [0.29, 0.717) is 17.9 Å². The van der Waals surface area contributed by atoms with E-state index in [4.69, 9.17) is 5.73 Å². The van der Waals surface area contributed by atoms with E-state index in [2.05, 4.69) is 49.5 Å². The van der Waals surface area contributed by atoms with Crippen molar-refractivity contribution in [2.45, 2.75) is 47.2 Å². The number of nitrogens with zero attached hydrogens (tertiary/aromatic N) is 2. The molecule has 0 spiro atoms. The molecular formula is C15H30N4. The van der Waals surface area contributed by atoms with Crippen LogP contribution in [0.5, 0.6) is 0 Å². The van der Waals surface area contributed by atoms with Crippen LogP contribution in [-0.2, 0) is 6.54 Å². The fourth-order valence-electron chi connectivity index (χ4n) is 2.13. The molecule has 0 bridgehead atoms. The Hall–Kier alpha value is -0.870. The Morgan fingerprint density at radius 1 is 1.32 bits per heavy atom. The molecule has 0 aliphatic rings. The maximum Gasteiger partial charge on any atom is 0.0946 e. The second kappa shape index (κ2) is 7.06. The van der Waals surface area contributed by atoms with Gasteiger partial charge in [0.15, 0.2) is 0 Å². The molecule has 0 aliphatic carbocycles. The van der Waals surface area contributed by atoms with Gasteiger partial charge in [0.05, 0.1) is 6.33 Å². The average Bonchev–Trinajstić information content (AvgIpc) is 2.79. The van der Waals surface area contributed by atoms with Gasteiger partial charge in [0.2, 0.25) is 0 Å². The van der Waals surface area contributed by atoms with Gasteiger partial charge in [0, 0.05) is 25.0 Å². The summed E-state index contributed by atoms with van der Waals surface area (Å²) >= 11 is 0. The molecule has 0 aromatic carbocycles. The van der Waals surface area contributed by atoms with Crippen molar-refractivity contribution in [3.05, 3.63) is 18.7 Å². The molecule has 0 fully saturated rings. The van der Waals surface area contributed by atoms with Gasteiger partial charge in [-0.1, -0.05) is 34.6 Å². The number of nitrogens with one attached hydrogen (secondary N) is 1. The van der Waals surface area contributed by atoms with Crippen molar-refractivity contribution in [2.75, 3.05) is 13.1 Å². The first-order chi connectivity index (χ1) is 8.84. The highest BCUT2D eigenvalue weighted by Crippen LogP contribution is 2.21. The number of hydrogen-bond acceptors (Lipinski definition) is 3. The molecular weight excluding hydrogens is 236 g/mol. The molecule has 1 heterocycles. The number of rotatable bonds is 7. The zero-order valence-corrected chi connectivity index (χ0v) is 13.1. The van der Waals surface area contributed by atoms with Gasteiger partial charge in [0.1, 0.15) is 0 Å². The van der Waals surface area contributed by atoms with Crippen molar-refractivity contribution in [3.63, 3.8) is 0 Å². The quantitative estimate of drug-likeness (QED) is 0.795. The lowest BCUT2D eigenvalue weighted by Crippen LogP contribution is -2.46. The van der Waals surface area contributed by atoms with E-state index in [9.17, 15) is 0 Å². The molecule has 2 unspecified atom stereocenters. The monoisotopic (exact) mass is 266 g/mol. The Morgan fingerprint density at radius 2 is 2.00 bits per heavy atom. The molecule has 1 aromatic heterocycles. The third-order valence-electron chi connectivity index (χ3n) is 3.87. The Bertz CT molecular complexity index is 338. The average molecular weight is 266 g/mol. The predicted octanol–water partition coefficient (Wildman–Crippen LogP) is 2.12. The maximum absolute atomic E-state index is 5.85. The van der Waals surface area contributed by atoms with Gasteiger partial charge in [-0.05, 0) is 30.3 Å². The lowest BCUT2D eigenvalue weighted by molar-refractivity contribution is 0.222. The van der Waals surface area contributed by atoms with E-state index in [1.807, 2.05) is 18.7 Å². The summed E-state index contributed by atoms with van der Waals surface area (Å²) < 4.78 is 2.13. The van der Waals surface area contributed by atoms with Crippen LogP contribution in [0.1, 0.15) is 34.6 Å². The van der Waals surface area contributed by atoms with E-state index in [1.54, 1.807) is 0 Å². The van der Waals surface area contributed by atoms with Crippen molar-refractivity contribution in [1.29, 1.82) is 0 Å². The van der Waals surface area contributed by atoms with Crippen LogP contribution in [-0.4, -0.2) is 28.7 Å². The molecule has 2 atom stereocenters. The van der Waals surface area contributed by atoms with Gasteiger partial charge in [-0.25, -0.2) is 4.98 Å².